The number of carbonyl (C=O) groups excluding carboxylic acids is 1. The zero-order chi connectivity index (χ0) is 11.6. The molecule has 0 radical (unpaired) electrons. The highest BCUT2D eigenvalue weighted by molar-refractivity contribution is 5.92. The van der Waals surface area contributed by atoms with Gasteiger partial charge in [-0.15, -0.1) is 12.4 Å². The van der Waals surface area contributed by atoms with E-state index < -0.39 is 0 Å². The Hall–Kier alpha value is -1.00. The quantitative estimate of drug-likeness (QED) is 0.852. The lowest BCUT2D eigenvalue weighted by Gasteiger charge is -2.34. The van der Waals surface area contributed by atoms with E-state index in [9.17, 15) is 4.79 Å². The summed E-state index contributed by atoms with van der Waals surface area (Å²) in [5.74, 6) is 1.05. The minimum Gasteiger partial charge on any atom is -0.456 e. The summed E-state index contributed by atoms with van der Waals surface area (Å²) in [4.78, 5) is 11.9. The average molecular weight is 259 g/mol. The first-order valence-electron chi connectivity index (χ1n) is 5.69. The fourth-order valence-electron chi connectivity index (χ4n) is 2.00. The van der Waals surface area contributed by atoms with E-state index in [2.05, 4.69) is 17.6 Å². The SMILES string of the molecule is Cc1ccc(C(=O)NC2(C)CCNCC2)o1.Cl. The van der Waals surface area contributed by atoms with Crippen LogP contribution < -0.4 is 10.6 Å². The summed E-state index contributed by atoms with van der Waals surface area (Å²) in [7, 11) is 0. The van der Waals surface area contributed by atoms with Gasteiger partial charge < -0.3 is 15.1 Å². The minimum absolute atomic E-state index is 0. The number of aryl methyl sites for hydroxylation is 1. The fraction of sp³-hybridized carbons (Fsp3) is 0.583. The molecule has 0 unspecified atom stereocenters. The third-order valence-electron chi connectivity index (χ3n) is 3.09. The Morgan fingerprint density at radius 2 is 2.06 bits per heavy atom. The molecule has 0 spiro atoms. The van der Waals surface area contributed by atoms with Gasteiger partial charge in [-0.2, -0.15) is 0 Å². The molecule has 96 valence electrons. The van der Waals surface area contributed by atoms with Crippen LogP contribution in [0.5, 0.6) is 0 Å². The predicted octanol–water partition coefficient (Wildman–Crippen LogP) is 1.88. The zero-order valence-electron chi connectivity index (χ0n) is 10.2. The number of nitrogens with one attached hydrogen (secondary N) is 2. The van der Waals surface area contributed by atoms with E-state index in [1.165, 1.54) is 0 Å². The minimum atomic E-state index is -0.113. The Labute approximate surface area is 108 Å². The van der Waals surface area contributed by atoms with Crippen molar-refractivity contribution < 1.29 is 9.21 Å². The number of carbonyl (C=O) groups is 1. The summed E-state index contributed by atoms with van der Waals surface area (Å²) >= 11 is 0. The van der Waals surface area contributed by atoms with Gasteiger partial charge in [0.05, 0.1) is 0 Å². The van der Waals surface area contributed by atoms with Crippen LogP contribution in [-0.2, 0) is 0 Å². The number of hydrogen-bond acceptors (Lipinski definition) is 3. The van der Waals surface area contributed by atoms with Crippen molar-refractivity contribution >= 4 is 18.3 Å². The first kappa shape index (κ1) is 14.1. The normalized spacial score (nSPS) is 18.2. The highest BCUT2D eigenvalue weighted by atomic mass is 35.5. The largest absolute Gasteiger partial charge is 0.456 e. The van der Waals surface area contributed by atoms with Crippen LogP contribution in [0.1, 0.15) is 36.1 Å². The Bertz CT molecular complexity index is 384. The first-order valence-corrected chi connectivity index (χ1v) is 5.69. The third kappa shape index (κ3) is 3.48. The highest BCUT2D eigenvalue weighted by Crippen LogP contribution is 2.18. The Balaban J connectivity index is 0.00000144. The van der Waals surface area contributed by atoms with Gasteiger partial charge in [0, 0.05) is 5.54 Å². The second kappa shape index (κ2) is 5.56. The Kier molecular flexibility index (Phi) is 4.60. The molecular formula is C12H19ClN2O2. The fourth-order valence-corrected chi connectivity index (χ4v) is 2.00. The summed E-state index contributed by atoms with van der Waals surface area (Å²) in [5, 5.41) is 6.33. The van der Waals surface area contributed by atoms with Crippen LogP contribution >= 0.6 is 12.4 Å². The van der Waals surface area contributed by atoms with Crippen LogP contribution in [0.2, 0.25) is 0 Å². The maximum Gasteiger partial charge on any atom is 0.287 e. The topological polar surface area (TPSA) is 54.3 Å². The van der Waals surface area contributed by atoms with Crippen molar-refractivity contribution in [1.29, 1.82) is 0 Å². The van der Waals surface area contributed by atoms with Gasteiger partial charge in [-0.05, 0) is 51.9 Å². The average Bonchev–Trinajstić information content (AvgIpc) is 2.65. The van der Waals surface area contributed by atoms with Gasteiger partial charge in [-0.1, -0.05) is 0 Å². The number of furan rings is 1. The smallest absolute Gasteiger partial charge is 0.287 e. The maximum atomic E-state index is 11.9. The van der Waals surface area contributed by atoms with Gasteiger partial charge in [-0.25, -0.2) is 0 Å². The molecule has 4 nitrogen and oxygen atoms in total. The third-order valence-corrected chi connectivity index (χ3v) is 3.09. The van der Waals surface area contributed by atoms with Crippen molar-refractivity contribution in [2.24, 2.45) is 0 Å². The van der Waals surface area contributed by atoms with Crippen LogP contribution in [0, 0.1) is 6.92 Å². The van der Waals surface area contributed by atoms with Crippen molar-refractivity contribution in [3.05, 3.63) is 23.7 Å². The molecule has 0 aromatic carbocycles. The number of hydrogen-bond donors (Lipinski definition) is 2. The van der Waals surface area contributed by atoms with Crippen LogP contribution in [0.3, 0.4) is 0 Å². The molecule has 1 aliphatic heterocycles. The van der Waals surface area contributed by atoms with Crippen molar-refractivity contribution in [3.8, 4) is 0 Å². The molecule has 1 aromatic heterocycles. The van der Waals surface area contributed by atoms with Gasteiger partial charge in [-0.3, -0.25) is 4.79 Å². The second-order valence-electron chi connectivity index (χ2n) is 4.68. The van der Waals surface area contributed by atoms with Crippen LogP contribution in [0.25, 0.3) is 0 Å². The summed E-state index contributed by atoms with van der Waals surface area (Å²) in [6.07, 6.45) is 1.91. The van der Waals surface area contributed by atoms with Crippen molar-refractivity contribution in [1.82, 2.24) is 10.6 Å². The molecule has 1 amide bonds. The Morgan fingerprint density at radius 3 is 2.59 bits per heavy atom. The van der Waals surface area contributed by atoms with Gasteiger partial charge in [0.1, 0.15) is 5.76 Å². The van der Waals surface area contributed by atoms with Crippen molar-refractivity contribution in [3.63, 3.8) is 0 Å². The van der Waals surface area contributed by atoms with Crippen molar-refractivity contribution in [2.75, 3.05) is 13.1 Å². The monoisotopic (exact) mass is 258 g/mol. The van der Waals surface area contributed by atoms with E-state index in [0.717, 1.165) is 31.7 Å². The van der Waals surface area contributed by atoms with Crippen LogP contribution in [0.15, 0.2) is 16.5 Å². The molecule has 0 bridgehead atoms. The summed E-state index contributed by atoms with van der Waals surface area (Å²) in [6.45, 7) is 5.83. The molecule has 5 heteroatoms. The van der Waals surface area contributed by atoms with E-state index in [0.29, 0.717) is 5.76 Å². The molecule has 1 fully saturated rings. The lowest BCUT2D eigenvalue weighted by molar-refractivity contribution is 0.0857. The van der Waals surface area contributed by atoms with Crippen LogP contribution in [0.4, 0.5) is 0 Å². The van der Waals surface area contributed by atoms with Crippen LogP contribution in [-0.4, -0.2) is 24.5 Å². The molecule has 0 aliphatic carbocycles. The Morgan fingerprint density at radius 1 is 1.41 bits per heavy atom. The second-order valence-corrected chi connectivity index (χ2v) is 4.68. The molecule has 1 aliphatic rings. The van der Waals surface area contributed by atoms with Gasteiger partial charge >= 0.3 is 0 Å². The van der Waals surface area contributed by atoms with E-state index in [4.69, 9.17) is 4.42 Å². The molecular weight excluding hydrogens is 240 g/mol. The molecule has 1 saturated heterocycles. The number of rotatable bonds is 2. The standard InChI is InChI=1S/C12H18N2O2.ClH/c1-9-3-4-10(16-9)11(15)14-12(2)5-7-13-8-6-12;/h3-4,13H,5-8H2,1-2H3,(H,14,15);1H. The van der Waals surface area contributed by atoms with E-state index in [1.54, 1.807) is 12.1 Å². The predicted molar refractivity (Wildman–Crippen MR) is 68.7 cm³/mol. The molecule has 0 saturated carbocycles. The molecule has 17 heavy (non-hydrogen) atoms. The van der Waals surface area contributed by atoms with E-state index in [1.807, 2.05) is 6.92 Å². The highest BCUT2D eigenvalue weighted by Gasteiger charge is 2.29. The summed E-state index contributed by atoms with van der Waals surface area (Å²) < 4.78 is 5.30. The molecule has 2 heterocycles. The summed E-state index contributed by atoms with van der Waals surface area (Å²) in [6, 6.07) is 3.52. The molecule has 2 rings (SSSR count). The number of piperidine rings is 1. The number of amides is 1. The number of halogens is 1. The maximum absolute atomic E-state index is 11.9. The molecule has 2 N–H and O–H groups in total. The molecule has 1 aromatic rings. The molecule has 0 atom stereocenters. The van der Waals surface area contributed by atoms with Gasteiger partial charge in [0.2, 0.25) is 0 Å². The first-order chi connectivity index (χ1) is 7.59. The zero-order valence-corrected chi connectivity index (χ0v) is 11.0. The van der Waals surface area contributed by atoms with E-state index in [-0.39, 0.29) is 23.9 Å². The summed E-state index contributed by atoms with van der Waals surface area (Å²) in [5.41, 5.74) is -0.108. The van der Waals surface area contributed by atoms with E-state index >= 15 is 0 Å². The lowest BCUT2D eigenvalue weighted by atomic mass is 9.90. The van der Waals surface area contributed by atoms with Gasteiger partial charge in [0.15, 0.2) is 5.76 Å². The van der Waals surface area contributed by atoms with Crippen molar-refractivity contribution in [2.45, 2.75) is 32.2 Å². The van der Waals surface area contributed by atoms with Gasteiger partial charge in [0.25, 0.3) is 5.91 Å². The lowest BCUT2D eigenvalue weighted by Crippen LogP contribution is -2.52.